The van der Waals surface area contributed by atoms with Crippen LogP contribution in [-0.4, -0.2) is 63.7 Å². The molecule has 0 bridgehead atoms. The number of phenolic OH excluding ortho intramolecular Hbond substituents is 1. The van der Waals surface area contributed by atoms with Crippen LogP contribution in [0.4, 0.5) is 5.69 Å². The first-order valence-corrected chi connectivity index (χ1v) is 12.5. The zero-order chi connectivity index (χ0) is 26.8. The lowest BCUT2D eigenvalue weighted by atomic mass is 9.56. The van der Waals surface area contributed by atoms with E-state index < -0.39 is 52.7 Å². The number of hydrogen-bond acceptors (Lipinski definition) is 8. The molecule has 6 N–H and O–H groups in total. The van der Waals surface area contributed by atoms with Crippen molar-refractivity contribution >= 4 is 28.9 Å². The molecule has 0 aliphatic heterocycles. The van der Waals surface area contributed by atoms with Crippen molar-refractivity contribution in [3.05, 3.63) is 40.0 Å². The zero-order valence-electron chi connectivity index (χ0n) is 20.7. The summed E-state index contributed by atoms with van der Waals surface area (Å²) in [7, 11) is 3.65. The molecule has 4 aliphatic rings. The van der Waals surface area contributed by atoms with Gasteiger partial charge in [-0.1, -0.05) is 17.9 Å². The van der Waals surface area contributed by atoms with E-state index in [1.165, 1.54) is 0 Å². The lowest BCUT2D eigenvalue weighted by molar-refractivity contribution is -0.174. The molecule has 2 fully saturated rings. The van der Waals surface area contributed by atoms with Gasteiger partial charge in [0, 0.05) is 31.3 Å². The first kappa shape index (κ1) is 25.1. The summed E-state index contributed by atoms with van der Waals surface area (Å²) in [4.78, 5) is 40.5. The first-order chi connectivity index (χ1) is 17.5. The average Bonchev–Trinajstić information content (AvgIpc) is 3.34. The van der Waals surface area contributed by atoms with Gasteiger partial charge in [-0.15, -0.1) is 0 Å². The van der Waals surface area contributed by atoms with Crippen LogP contribution in [0.3, 0.4) is 0 Å². The minimum atomic E-state index is -2.59. The van der Waals surface area contributed by atoms with Gasteiger partial charge >= 0.3 is 0 Å². The van der Waals surface area contributed by atoms with Crippen LogP contribution in [0.5, 0.6) is 5.75 Å². The van der Waals surface area contributed by atoms with Gasteiger partial charge in [0.15, 0.2) is 11.4 Å². The number of anilines is 1. The Balaban J connectivity index is 1.66. The van der Waals surface area contributed by atoms with Crippen LogP contribution in [0, 0.1) is 29.6 Å². The van der Waals surface area contributed by atoms with Gasteiger partial charge in [0.1, 0.15) is 17.4 Å². The Bertz CT molecular complexity index is 1360. The van der Waals surface area contributed by atoms with Gasteiger partial charge in [-0.05, 0) is 61.6 Å². The highest BCUT2D eigenvalue weighted by molar-refractivity contribution is 6.24. The van der Waals surface area contributed by atoms with Gasteiger partial charge in [-0.25, -0.2) is 0 Å². The van der Waals surface area contributed by atoms with Crippen LogP contribution in [0.25, 0.3) is 5.76 Å². The van der Waals surface area contributed by atoms with Crippen molar-refractivity contribution in [2.75, 3.05) is 19.0 Å². The van der Waals surface area contributed by atoms with Gasteiger partial charge in [-0.3, -0.25) is 14.4 Å². The largest absolute Gasteiger partial charge is 0.507 e. The van der Waals surface area contributed by atoms with Gasteiger partial charge in [0.2, 0.25) is 11.7 Å². The van der Waals surface area contributed by atoms with Crippen molar-refractivity contribution in [1.29, 1.82) is 0 Å². The molecule has 9 nitrogen and oxygen atoms in total. The molecule has 5 atom stereocenters. The summed E-state index contributed by atoms with van der Waals surface area (Å²) >= 11 is 0. The molecular weight excluding hydrogens is 476 g/mol. The molecule has 9 heteroatoms. The number of aromatic hydroxyl groups is 1. The van der Waals surface area contributed by atoms with Crippen molar-refractivity contribution in [2.45, 2.75) is 50.2 Å². The number of amides is 1. The van der Waals surface area contributed by atoms with Crippen LogP contribution < -0.4 is 10.6 Å². The number of ketones is 2. The normalized spacial score (nSPS) is 30.5. The predicted molar refractivity (Wildman–Crippen MR) is 134 cm³/mol. The Labute approximate surface area is 214 Å². The highest BCUT2D eigenvalue weighted by Gasteiger charge is 2.64. The fourth-order valence-electron chi connectivity index (χ4n) is 6.40. The summed E-state index contributed by atoms with van der Waals surface area (Å²) in [5.41, 5.74) is 5.18. The second-order valence-corrected chi connectivity index (χ2v) is 10.7. The number of phenols is 1. The highest BCUT2D eigenvalue weighted by atomic mass is 16.3. The van der Waals surface area contributed by atoms with Crippen LogP contribution in [0.15, 0.2) is 23.3 Å². The number of benzene rings is 1. The minimum Gasteiger partial charge on any atom is -0.507 e. The lowest BCUT2D eigenvalue weighted by Gasteiger charge is -2.48. The third-order valence-electron chi connectivity index (χ3n) is 8.24. The van der Waals surface area contributed by atoms with Crippen LogP contribution in [0.1, 0.15) is 48.8 Å². The second kappa shape index (κ2) is 8.75. The number of nitrogens with zero attached hydrogens (tertiary/aromatic N) is 1. The topological polar surface area (TPSA) is 161 Å². The Kier molecular flexibility index (Phi) is 5.93. The number of rotatable bonds is 2. The maximum Gasteiger partial charge on any atom is 0.230 e. The smallest absolute Gasteiger partial charge is 0.230 e. The summed E-state index contributed by atoms with van der Waals surface area (Å²) in [6.45, 7) is 0. The molecule has 2 unspecified atom stereocenters. The number of carbonyl (C=O) groups excluding carboxylic acids is 3. The molecule has 0 radical (unpaired) electrons. The molecule has 5 rings (SSSR count). The molecule has 1 aromatic rings. The maximum absolute atomic E-state index is 13.7. The number of fused-ring (bicyclic) bond motifs is 3. The van der Waals surface area contributed by atoms with E-state index in [2.05, 4.69) is 17.9 Å². The highest BCUT2D eigenvalue weighted by Crippen LogP contribution is 2.53. The van der Waals surface area contributed by atoms with E-state index in [1.54, 1.807) is 6.07 Å². The van der Waals surface area contributed by atoms with Crippen molar-refractivity contribution < 1.29 is 34.8 Å². The Morgan fingerprint density at radius 1 is 1.19 bits per heavy atom. The van der Waals surface area contributed by atoms with Gasteiger partial charge in [-0.2, -0.15) is 0 Å². The molecule has 1 aromatic carbocycles. The SMILES string of the molecule is CN(C)c1cc(C#CC2=CCCC2)c(O)c2c1C[C@H]1C[C@H]3CC(O)C(C(N)=O)C(=O)[C@@]3(O)C(=O)C1=C2O. The molecule has 1 amide bonds. The predicted octanol–water partition coefficient (Wildman–Crippen LogP) is 1.12. The first-order valence-electron chi connectivity index (χ1n) is 12.5. The minimum absolute atomic E-state index is 0.0484. The third-order valence-corrected chi connectivity index (χ3v) is 8.24. The second-order valence-electron chi connectivity index (χ2n) is 10.7. The van der Waals surface area contributed by atoms with Crippen LogP contribution in [-0.2, 0) is 20.8 Å². The molecule has 2 saturated carbocycles. The molecule has 0 saturated heterocycles. The van der Waals surface area contributed by atoms with E-state index in [1.807, 2.05) is 19.0 Å². The Morgan fingerprint density at radius 2 is 1.92 bits per heavy atom. The fourth-order valence-corrected chi connectivity index (χ4v) is 6.40. The van der Waals surface area contributed by atoms with Crippen LogP contribution >= 0.6 is 0 Å². The number of hydrogen-bond donors (Lipinski definition) is 5. The standard InChI is InChI=1S/C28H30N2O7/c1-30(2)18-11-14(8-7-13-5-3-4-6-13)23(32)21-17(18)10-15-9-16-12-19(31)22(27(29)36)26(35)28(16,37)25(34)20(15)24(21)33/h5,11,15-16,19,22,31-33,37H,3-4,6,9-10,12H2,1-2H3,(H2,29,36)/t15-,16+,19?,22?,28+/m1/s1. The van der Waals surface area contributed by atoms with E-state index in [9.17, 15) is 34.8 Å². The number of primary amides is 1. The lowest BCUT2D eigenvalue weighted by Crippen LogP contribution is -2.66. The van der Waals surface area contributed by atoms with E-state index in [0.29, 0.717) is 11.3 Å². The quantitative estimate of drug-likeness (QED) is 0.294. The Morgan fingerprint density at radius 3 is 2.54 bits per heavy atom. The molecule has 37 heavy (non-hydrogen) atoms. The zero-order valence-corrected chi connectivity index (χ0v) is 20.7. The van der Waals surface area contributed by atoms with Gasteiger partial charge in [0.05, 0.1) is 17.2 Å². The average molecular weight is 507 g/mol. The van der Waals surface area contributed by atoms with E-state index in [-0.39, 0.29) is 41.7 Å². The van der Waals surface area contributed by atoms with E-state index >= 15 is 0 Å². The molecule has 0 spiro atoms. The number of aliphatic hydroxyl groups excluding tert-OH is 2. The number of aliphatic hydroxyl groups is 3. The van der Waals surface area contributed by atoms with Crippen molar-refractivity contribution in [3.63, 3.8) is 0 Å². The van der Waals surface area contributed by atoms with Gasteiger partial charge < -0.3 is 31.1 Å². The molecule has 4 aliphatic carbocycles. The molecule has 194 valence electrons. The monoisotopic (exact) mass is 506 g/mol. The van der Waals surface area contributed by atoms with Crippen molar-refractivity contribution in [2.24, 2.45) is 23.5 Å². The molecule has 0 heterocycles. The number of carbonyl (C=O) groups is 3. The number of allylic oxidation sites excluding steroid dienone is 2. The summed E-state index contributed by atoms with van der Waals surface area (Å²) < 4.78 is 0. The number of nitrogens with two attached hydrogens (primary N) is 1. The van der Waals surface area contributed by atoms with E-state index in [0.717, 1.165) is 24.8 Å². The number of Topliss-reactive ketones (excluding diaryl/α,β-unsaturated/α-hetero) is 2. The third kappa shape index (κ3) is 3.66. The van der Waals surface area contributed by atoms with Crippen molar-refractivity contribution in [3.8, 4) is 17.6 Å². The Hall–Kier alpha value is -3.61. The maximum atomic E-state index is 13.7. The van der Waals surface area contributed by atoms with E-state index in [4.69, 9.17) is 5.73 Å². The molecule has 0 aromatic heterocycles. The summed E-state index contributed by atoms with van der Waals surface area (Å²) in [6.07, 6.45) is 3.71. The molecular formula is C28H30N2O7. The summed E-state index contributed by atoms with van der Waals surface area (Å²) in [6, 6.07) is 1.75. The summed E-state index contributed by atoms with van der Waals surface area (Å²) in [5, 5.41) is 44.4. The van der Waals surface area contributed by atoms with Crippen LogP contribution in [0.2, 0.25) is 0 Å². The van der Waals surface area contributed by atoms with Crippen molar-refractivity contribution in [1.82, 2.24) is 0 Å². The fraction of sp³-hybridized carbons (Fsp3) is 0.464. The summed E-state index contributed by atoms with van der Waals surface area (Å²) in [5.74, 6) is -1.24. The van der Waals surface area contributed by atoms with Gasteiger partial charge in [0.25, 0.3) is 0 Å².